The molecule has 2 aromatic heterocycles. The van der Waals surface area contributed by atoms with Crippen molar-refractivity contribution < 1.29 is 19.7 Å². The first-order chi connectivity index (χ1) is 13.8. The third kappa shape index (κ3) is 5.13. The molecule has 1 aromatic carbocycles. The minimum Gasteiger partial charge on any atom is -0.479 e. The van der Waals surface area contributed by atoms with Gasteiger partial charge in [-0.25, -0.2) is 4.79 Å². The minimum atomic E-state index is -1.01. The second-order valence-electron chi connectivity index (χ2n) is 7.83. The minimum absolute atomic E-state index is 0.274. The number of H-pyrrole nitrogens is 1. The highest BCUT2D eigenvalue weighted by Crippen LogP contribution is 2.30. The van der Waals surface area contributed by atoms with Crippen LogP contribution < -0.4 is 10.1 Å². The summed E-state index contributed by atoms with van der Waals surface area (Å²) in [6.07, 6.45) is 4.41. The number of aliphatic carboxylic acids is 1. The topological polar surface area (TPSA) is 107 Å². The Morgan fingerprint density at radius 3 is 2.79 bits per heavy atom. The molecule has 0 aliphatic heterocycles. The summed E-state index contributed by atoms with van der Waals surface area (Å²) in [6.45, 7) is 6.07. The number of β-amino-alcohol motifs (C(OH)–C–C–N with tert-alkyl or cyclic N) is 1. The third-order valence-electron chi connectivity index (χ3n) is 4.89. The number of aromatic amines is 1. The van der Waals surface area contributed by atoms with Gasteiger partial charge in [0.05, 0.1) is 11.6 Å². The largest absolute Gasteiger partial charge is 0.479 e. The fourth-order valence-corrected chi connectivity index (χ4v) is 3.27. The van der Waals surface area contributed by atoms with Gasteiger partial charge in [-0.3, -0.25) is 4.98 Å². The number of benzene rings is 1. The Morgan fingerprint density at radius 2 is 2.10 bits per heavy atom. The molecular weight excluding hydrogens is 370 g/mol. The van der Waals surface area contributed by atoms with Crippen molar-refractivity contribution >= 4 is 16.9 Å². The van der Waals surface area contributed by atoms with Crippen LogP contribution in [-0.4, -0.2) is 44.3 Å². The Morgan fingerprint density at radius 1 is 1.31 bits per heavy atom. The maximum Gasteiger partial charge on any atom is 0.344 e. The van der Waals surface area contributed by atoms with Crippen LogP contribution in [-0.2, 0) is 11.2 Å². The number of nitrogens with zero attached hydrogens (tertiary/aromatic N) is 1. The third-order valence-corrected chi connectivity index (χ3v) is 4.89. The lowest BCUT2D eigenvalue weighted by Gasteiger charge is -2.28. The van der Waals surface area contributed by atoms with Gasteiger partial charge in [0.2, 0.25) is 0 Å². The number of fused-ring (bicyclic) bond motifs is 1. The van der Waals surface area contributed by atoms with Gasteiger partial charge in [0, 0.05) is 41.6 Å². The van der Waals surface area contributed by atoms with Crippen molar-refractivity contribution in [1.29, 1.82) is 0 Å². The highest BCUT2D eigenvalue weighted by atomic mass is 16.5. The van der Waals surface area contributed by atoms with Crippen LogP contribution in [0.5, 0.6) is 5.75 Å². The number of para-hydroxylation sites is 1. The van der Waals surface area contributed by atoms with Crippen LogP contribution >= 0.6 is 0 Å². The van der Waals surface area contributed by atoms with Crippen LogP contribution in [0.3, 0.4) is 0 Å². The van der Waals surface area contributed by atoms with Gasteiger partial charge in [0.25, 0.3) is 0 Å². The number of hydrogen-bond donors (Lipinski definition) is 4. The molecule has 0 radical (unpaired) electrons. The Balaban J connectivity index is 1.71. The van der Waals surface area contributed by atoms with E-state index in [0.29, 0.717) is 18.7 Å². The monoisotopic (exact) mass is 397 g/mol. The summed E-state index contributed by atoms with van der Waals surface area (Å²) < 4.78 is 5.58. The fourth-order valence-electron chi connectivity index (χ4n) is 3.27. The Kier molecular flexibility index (Phi) is 6.20. The number of rotatable bonds is 9. The number of nitrogens with one attached hydrogen (secondary N) is 2. The summed E-state index contributed by atoms with van der Waals surface area (Å²) in [6, 6.07) is 9.26. The molecule has 0 bridgehead atoms. The van der Waals surface area contributed by atoms with Crippen molar-refractivity contribution in [2.75, 3.05) is 6.54 Å². The van der Waals surface area contributed by atoms with E-state index in [4.69, 9.17) is 9.84 Å². The molecule has 29 heavy (non-hydrogen) atoms. The predicted molar refractivity (Wildman–Crippen MR) is 111 cm³/mol. The lowest BCUT2D eigenvalue weighted by atomic mass is 9.94. The number of hydrogen-bond acceptors (Lipinski definition) is 5. The van der Waals surface area contributed by atoms with E-state index in [0.717, 1.165) is 22.0 Å². The van der Waals surface area contributed by atoms with Crippen LogP contribution in [0.2, 0.25) is 0 Å². The van der Waals surface area contributed by atoms with E-state index in [1.807, 2.05) is 24.4 Å². The molecule has 4 N–H and O–H groups in total. The van der Waals surface area contributed by atoms with E-state index >= 15 is 0 Å². The summed E-state index contributed by atoms with van der Waals surface area (Å²) in [5, 5.41) is 23.9. The Hall–Kier alpha value is -2.90. The molecule has 0 saturated carbocycles. The van der Waals surface area contributed by atoms with E-state index < -0.39 is 18.2 Å². The summed E-state index contributed by atoms with van der Waals surface area (Å²) in [5.74, 6) is -0.493. The highest BCUT2D eigenvalue weighted by Gasteiger charge is 2.22. The van der Waals surface area contributed by atoms with Crippen molar-refractivity contribution in [3.63, 3.8) is 0 Å². The van der Waals surface area contributed by atoms with Crippen LogP contribution in [0.25, 0.3) is 10.9 Å². The summed E-state index contributed by atoms with van der Waals surface area (Å²) >= 11 is 0. The number of carbonyl (C=O) groups is 1. The van der Waals surface area contributed by atoms with Gasteiger partial charge >= 0.3 is 5.97 Å². The van der Waals surface area contributed by atoms with E-state index in [1.165, 1.54) is 6.92 Å². The second-order valence-corrected chi connectivity index (χ2v) is 7.83. The van der Waals surface area contributed by atoms with Crippen molar-refractivity contribution in [3.05, 3.63) is 60.0 Å². The number of aliphatic hydroxyl groups excluding tert-OH is 1. The van der Waals surface area contributed by atoms with Gasteiger partial charge in [0.15, 0.2) is 6.10 Å². The standard InChI is InChI=1S/C22H27N3O4/c1-14(21(27)28)29-19-8-4-7-17-16(12-24-20(17)19)10-22(2,3)25-13-18(26)15-6-5-9-23-11-15/h4-9,11-12,14,18,24-26H,10,13H2,1-3H3,(H,27,28)/t14-,18-/m0/s1. The molecule has 0 unspecified atom stereocenters. The van der Waals surface area contributed by atoms with Gasteiger partial charge in [-0.2, -0.15) is 0 Å². The van der Waals surface area contributed by atoms with Gasteiger partial charge in [-0.15, -0.1) is 0 Å². The molecule has 0 saturated heterocycles. The smallest absolute Gasteiger partial charge is 0.344 e. The van der Waals surface area contributed by atoms with Gasteiger partial charge < -0.3 is 25.3 Å². The lowest BCUT2D eigenvalue weighted by Crippen LogP contribution is -2.43. The zero-order valence-electron chi connectivity index (χ0n) is 16.8. The Labute approximate surface area is 169 Å². The molecule has 0 fully saturated rings. The average Bonchev–Trinajstić information content (AvgIpc) is 3.10. The molecule has 2 atom stereocenters. The Bertz CT molecular complexity index is 969. The van der Waals surface area contributed by atoms with E-state index in [2.05, 4.69) is 29.1 Å². The summed E-state index contributed by atoms with van der Waals surface area (Å²) in [4.78, 5) is 18.3. The number of aliphatic hydroxyl groups is 1. The summed E-state index contributed by atoms with van der Waals surface area (Å²) in [5.41, 5.74) is 2.37. The number of aromatic nitrogens is 2. The average molecular weight is 397 g/mol. The molecule has 0 amide bonds. The highest BCUT2D eigenvalue weighted by molar-refractivity contribution is 5.88. The van der Waals surface area contributed by atoms with E-state index in [9.17, 15) is 9.90 Å². The zero-order valence-corrected chi connectivity index (χ0v) is 16.8. The SMILES string of the molecule is C[C@H](Oc1cccc2c(CC(C)(C)NC[C@H](O)c3cccnc3)c[nH]c12)C(=O)O. The molecule has 7 heteroatoms. The molecule has 0 spiro atoms. The van der Waals surface area contributed by atoms with E-state index in [-0.39, 0.29) is 5.54 Å². The quantitative estimate of drug-likeness (QED) is 0.442. The van der Waals surface area contributed by atoms with E-state index in [1.54, 1.807) is 24.5 Å². The lowest BCUT2D eigenvalue weighted by molar-refractivity contribution is -0.144. The number of ether oxygens (including phenoxy) is 1. The molecule has 7 nitrogen and oxygen atoms in total. The zero-order chi connectivity index (χ0) is 21.0. The summed E-state index contributed by atoms with van der Waals surface area (Å²) in [7, 11) is 0. The molecule has 3 rings (SSSR count). The first-order valence-electron chi connectivity index (χ1n) is 9.58. The normalized spacial score (nSPS) is 13.9. The molecular formula is C22H27N3O4. The van der Waals surface area contributed by atoms with Crippen LogP contribution in [0.15, 0.2) is 48.9 Å². The second kappa shape index (κ2) is 8.63. The molecule has 2 heterocycles. The van der Waals surface area contributed by atoms with Crippen LogP contribution in [0, 0.1) is 0 Å². The van der Waals surface area contributed by atoms with Crippen molar-refractivity contribution in [3.8, 4) is 5.75 Å². The fraction of sp³-hybridized carbons (Fsp3) is 0.364. The number of carboxylic acids is 1. The number of carboxylic acid groups (broad SMARTS) is 1. The molecule has 0 aliphatic carbocycles. The van der Waals surface area contributed by atoms with Crippen molar-refractivity contribution in [2.24, 2.45) is 0 Å². The number of pyridine rings is 1. The van der Waals surface area contributed by atoms with Crippen molar-refractivity contribution in [1.82, 2.24) is 15.3 Å². The maximum atomic E-state index is 11.1. The molecule has 154 valence electrons. The molecule has 0 aliphatic rings. The predicted octanol–water partition coefficient (Wildman–Crippen LogP) is 3.06. The van der Waals surface area contributed by atoms with Crippen molar-refractivity contribution in [2.45, 2.75) is 44.9 Å². The van der Waals surface area contributed by atoms with Gasteiger partial charge in [-0.1, -0.05) is 18.2 Å². The maximum absolute atomic E-state index is 11.1. The first-order valence-corrected chi connectivity index (χ1v) is 9.58. The van der Waals surface area contributed by atoms with Crippen LogP contribution in [0.4, 0.5) is 0 Å². The van der Waals surface area contributed by atoms with Gasteiger partial charge in [-0.05, 0) is 44.9 Å². The van der Waals surface area contributed by atoms with Crippen LogP contribution in [0.1, 0.15) is 38.0 Å². The van der Waals surface area contributed by atoms with Gasteiger partial charge in [0.1, 0.15) is 5.75 Å². The first kappa shape index (κ1) is 20.8. The molecule has 3 aromatic rings.